The highest BCUT2D eigenvalue weighted by atomic mass is 79.9. The lowest BCUT2D eigenvalue weighted by Gasteiger charge is -2.13. The zero-order chi connectivity index (χ0) is 12.1. The van der Waals surface area contributed by atoms with Crippen molar-refractivity contribution in [3.63, 3.8) is 0 Å². The Morgan fingerprint density at radius 3 is 2.62 bits per heavy atom. The lowest BCUT2D eigenvalue weighted by atomic mass is 9.94. The summed E-state index contributed by atoms with van der Waals surface area (Å²) >= 11 is 3.34. The van der Waals surface area contributed by atoms with Gasteiger partial charge in [-0.1, -0.05) is 34.1 Å². The fraction of sp³-hybridized carbons (Fsp3) is 0.364. The van der Waals surface area contributed by atoms with E-state index in [1.54, 1.807) is 6.07 Å². The molecule has 0 aliphatic heterocycles. The second kappa shape index (κ2) is 5.75. The van der Waals surface area contributed by atoms with E-state index in [9.17, 15) is 14.9 Å². The van der Waals surface area contributed by atoms with Crippen LogP contribution < -0.4 is 0 Å². The number of carbonyl (C=O) groups is 1. The highest BCUT2D eigenvalue weighted by molar-refractivity contribution is 9.10. The van der Waals surface area contributed by atoms with Crippen molar-refractivity contribution in [3.05, 3.63) is 44.4 Å². The second-order valence-corrected chi connectivity index (χ2v) is 4.49. The third-order valence-electron chi connectivity index (χ3n) is 2.25. The van der Waals surface area contributed by atoms with Crippen LogP contribution in [0.3, 0.4) is 0 Å². The van der Waals surface area contributed by atoms with E-state index in [4.69, 9.17) is 0 Å². The second-order valence-electron chi connectivity index (χ2n) is 3.64. The number of benzene rings is 1. The molecule has 1 aromatic rings. The maximum atomic E-state index is 11.1. The molecule has 0 aliphatic carbocycles. The Kier molecular flexibility index (Phi) is 4.61. The van der Waals surface area contributed by atoms with Crippen LogP contribution >= 0.6 is 15.9 Å². The molecule has 1 atom stereocenters. The summed E-state index contributed by atoms with van der Waals surface area (Å²) in [4.78, 5) is 21.3. The average molecular weight is 286 g/mol. The summed E-state index contributed by atoms with van der Waals surface area (Å²) in [6, 6.07) is 7.28. The number of hydrogen-bond acceptors (Lipinski definition) is 3. The zero-order valence-corrected chi connectivity index (χ0v) is 10.4. The molecule has 0 unspecified atom stereocenters. The van der Waals surface area contributed by atoms with Crippen molar-refractivity contribution in [2.45, 2.75) is 19.3 Å². The molecule has 1 aromatic carbocycles. The van der Waals surface area contributed by atoms with Gasteiger partial charge in [0.15, 0.2) is 0 Å². The zero-order valence-electron chi connectivity index (χ0n) is 8.85. The smallest absolute Gasteiger partial charge is 0.211 e. The number of nitro groups is 1. The van der Waals surface area contributed by atoms with Gasteiger partial charge in [-0.2, -0.15) is 0 Å². The van der Waals surface area contributed by atoms with Crippen molar-refractivity contribution in [2.75, 3.05) is 6.54 Å². The Morgan fingerprint density at radius 1 is 1.50 bits per heavy atom. The van der Waals surface area contributed by atoms with Gasteiger partial charge in [0.1, 0.15) is 5.78 Å². The first-order chi connectivity index (χ1) is 7.50. The van der Waals surface area contributed by atoms with E-state index in [2.05, 4.69) is 15.9 Å². The Hall–Kier alpha value is -1.23. The van der Waals surface area contributed by atoms with Crippen LogP contribution in [0.5, 0.6) is 0 Å². The molecule has 0 bridgehead atoms. The summed E-state index contributed by atoms with van der Waals surface area (Å²) in [5, 5.41) is 10.6. The molecule has 0 fully saturated rings. The molecule has 0 aliphatic rings. The molecule has 0 radical (unpaired) electrons. The number of hydrogen-bond donors (Lipinski definition) is 0. The van der Waals surface area contributed by atoms with Crippen LogP contribution in [0.2, 0.25) is 0 Å². The molecule has 16 heavy (non-hydrogen) atoms. The Morgan fingerprint density at radius 2 is 2.12 bits per heavy atom. The van der Waals surface area contributed by atoms with Crippen molar-refractivity contribution in [3.8, 4) is 0 Å². The van der Waals surface area contributed by atoms with Crippen molar-refractivity contribution in [2.24, 2.45) is 0 Å². The summed E-state index contributed by atoms with van der Waals surface area (Å²) in [5.41, 5.74) is 0.814. The van der Waals surface area contributed by atoms with Gasteiger partial charge in [-0.3, -0.25) is 10.1 Å². The largest absolute Gasteiger partial charge is 0.300 e. The lowest BCUT2D eigenvalue weighted by Crippen LogP contribution is -2.15. The number of ketones is 1. The first-order valence-corrected chi connectivity index (χ1v) is 5.65. The van der Waals surface area contributed by atoms with E-state index < -0.39 is 0 Å². The van der Waals surface area contributed by atoms with Crippen molar-refractivity contribution < 1.29 is 9.72 Å². The number of halogens is 1. The topological polar surface area (TPSA) is 60.2 Å². The Balaban J connectivity index is 2.96. The van der Waals surface area contributed by atoms with Crippen LogP contribution in [0.4, 0.5) is 0 Å². The fourth-order valence-corrected chi connectivity index (χ4v) is 2.21. The SMILES string of the molecule is CC(=O)C[C@@H](C[N+](=O)[O-])c1ccccc1Br. The quantitative estimate of drug-likeness (QED) is 0.617. The molecule has 0 saturated carbocycles. The molecule has 0 amide bonds. The van der Waals surface area contributed by atoms with Crippen LogP contribution in [0.15, 0.2) is 28.7 Å². The van der Waals surface area contributed by atoms with Gasteiger partial charge in [-0.05, 0) is 18.6 Å². The molecule has 0 N–H and O–H groups in total. The van der Waals surface area contributed by atoms with Crippen LogP contribution in [-0.2, 0) is 4.79 Å². The number of Topliss-reactive ketones (excluding diaryl/α,β-unsaturated/α-hetero) is 1. The summed E-state index contributed by atoms with van der Waals surface area (Å²) in [6.07, 6.45) is 0.198. The van der Waals surface area contributed by atoms with Crippen LogP contribution in [0.1, 0.15) is 24.8 Å². The third kappa shape index (κ3) is 3.73. The van der Waals surface area contributed by atoms with Crippen molar-refractivity contribution in [1.82, 2.24) is 0 Å². The van der Waals surface area contributed by atoms with Gasteiger partial charge < -0.3 is 4.79 Å². The highest BCUT2D eigenvalue weighted by Crippen LogP contribution is 2.27. The third-order valence-corrected chi connectivity index (χ3v) is 2.97. The molecular weight excluding hydrogens is 274 g/mol. The average Bonchev–Trinajstić information content (AvgIpc) is 2.15. The van der Waals surface area contributed by atoms with Crippen molar-refractivity contribution in [1.29, 1.82) is 0 Å². The van der Waals surface area contributed by atoms with Crippen LogP contribution in [0.25, 0.3) is 0 Å². The molecule has 0 saturated heterocycles. The van der Waals surface area contributed by atoms with Gasteiger partial charge in [-0.15, -0.1) is 0 Å². The van der Waals surface area contributed by atoms with Gasteiger partial charge >= 0.3 is 0 Å². The molecule has 5 heteroatoms. The fourth-order valence-electron chi connectivity index (χ4n) is 1.61. The summed E-state index contributed by atoms with van der Waals surface area (Å²) in [5.74, 6) is -0.398. The van der Waals surface area contributed by atoms with Gasteiger partial charge in [-0.25, -0.2) is 0 Å². The monoisotopic (exact) mass is 285 g/mol. The molecule has 0 spiro atoms. The minimum absolute atomic E-state index is 0.0393. The summed E-state index contributed by atoms with van der Waals surface area (Å²) < 4.78 is 0.808. The van der Waals surface area contributed by atoms with Gasteiger partial charge in [0.25, 0.3) is 0 Å². The van der Waals surface area contributed by atoms with E-state index in [1.165, 1.54) is 6.92 Å². The summed E-state index contributed by atoms with van der Waals surface area (Å²) in [6.45, 7) is 1.23. The lowest BCUT2D eigenvalue weighted by molar-refractivity contribution is -0.483. The standard InChI is InChI=1S/C11H12BrNO3/c1-8(14)6-9(7-13(15)16)10-4-2-3-5-11(10)12/h2-5,9H,6-7H2,1H3/t9-/m0/s1. The van der Waals surface area contributed by atoms with Gasteiger partial charge in [0.2, 0.25) is 6.54 Å². The predicted molar refractivity (Wildman–Crippen MR) is 64.0 cm³/mol. The number of nitrogens with zero attached hydrogens (tertiary/aromatic N) is 1. The van der Waals surface area contributed by atoms with E-state index in [0.717, 1.165) is 10.0 Å². The molecule has 0 aromatic heterocycles. The van der Waals surface area contributed by atoms with E-state index in [-0.39, 0.29) is 29.6 Å². The van der Waals surface area contributed by atoms with Gasteiger partial charge in [0, 0.05) is 15.8 Å². The first-order valence-electron chi connectivity index (χ1n) is 4.86. The number of carbonyl (C=O) groups excluding carboxylic acids is 1. The van der Waals surface area contributed by atoms with E-state index in [0.29, 0.717) is 0 Å². The van der Waals surface area contributed by atoms with Crippen LogP contribution in [0, 0.1) is 10.1 Å². The van der Waals surface area contributed by atoms with E-state index in [1.807, 2.05) is 18.2 Å². The molecule has 1 rings (SSSR count). The molecule has 4 nitrogen and oxygen atoms in total. The number of rotatable bonds is 5. The molecule has 86 valence electrons. The summed E-state index contributed by atoms with van der Waals surface area (Å²) in [7, 11) is 0. The molecule has 0 heterocycles. The van der Waals surface area contributed by atoms with Gasteiger partial charge in [0.05, 0.1) is 5.92 Å². The first kappa shape index (κ1) is 12.8. The van der Waals surface area contributed by atoms with Crippen LogP contribution in [-0.4, -0.2) is 17.3 Å². The maximum absolute atomic E-state index is 11.1. The van der Waals surface area contributed by atoms with Crippen molar-refractivity contribution >= 4 is 21.7 Å². The Labute approximate surface area is 102 Å². The van der Waals surface area contributed by atoms with E-state index >= 15 is 0 Å². The maximum Gasteiger partial charge on any atom is 0.211 e. The minimum atomic E-state index is -0.382. The highest BCUT2D eigenvalue weighted by Gasteiger charge is 2.21. The normalized spacial score (nSPS) is 12.1. The Bertz CT molecular complexity index is 390. The predicted octanol–water partition coefficient (Wildman–Crippen LogP) is 2.79. The minimum Gasteiger partial charge on any atom is -0.300 e. The molecular formula is C11H12BrNO3.